The van der Waals surface area contributed by atoms with Crippen LogP contribution in [0.1, 0.15) is 51.9 Å². The summed E-state index contributed by atoms with van der Waals surface area (Å²) in [6.45, 7) is 5.06. The van der Waals surface area contributed by atoms with E-state index in [9.17, 15) is 13.2 Å². The van der Waals surface area contributed by atoms with Crippen molar-refractivity contribution >= 4 is 0 Å². The molecule has 0 spiro atoms. The lowest BCUT2D eigenvalue weighted by atomic mass is 9.83. The van der Waals surface area contributed by atoms with Crippen LogP contribution in [-0.4, -0.2) is 43.3 Å². The monoisotopic (exact) mass is 306 g/mol. The normalized spacial score (nSPS) is 32.3. The summed E-state index contributed by atoms with van der Waals surface area (Å²) in [6, 6.07) is 0.505. The Kier molecular flexibility index (Phi) is 6.35. The van der Waals surface area contributed by atoms with Crippen LogP contribution in [-0.2, 0) is 0 Å². The quantitative estimate of drug-likeness (QED) is 0.830. The van der Waals surface area contributed by atoms with E-state index in [0.717, 1.165) is 32.5 Å². The van der Waals surface area contributed by atoms with Crippen molar-refractivity contribution in [3.05, 3.63) is 0 Å². The van der Waals surface area contributed by atoms with Gasteiger partial charge in [0.2, 0.25) is 0 Å². The second-order valence-electron chi connectivity index (χ2n) is 6.75. The van der Waals surface area contributed by atoms with Crippen LogP contribution in [0.4, 0.5) is 13.2 Å². The van der Waals surface area contributed by atoms with Crippen molar-refractivity contribution in [2.45, 2.75) is 64.1 Å². The maximum absolute atomic E-state index is 12.9. The van der Waals surface area contributed by atoms with E-state index in [1.807, 2.05) is 0 Å². The molecule has 2 fully saturated rings. The predicted molar refractivity (Wildman–Crippen MR) is 79.3 cm³/mol. The molecule has 0 aromatic carbocycles. The molecule has 2 nitrogen and oxygen atoms in total. The first-order valence-corrected chi connectivity index (χ1v) is 8.53. The molecule has 3 unspecified atom stereocenters. The van der Waals surface area contributed by atoms with Crippen molar-refractivity contribution in [3.8, 4) is 0 Å². The van der Waals surface area contributed by atoms with Crippen LogP contribution in [0.2, 0.25) is 0 Å². The Morgan fingerprint density at radius 2 is 1.86 bits per heavy atom. The van der Waals surface area contributed by atoms with Crippen LogP contribution in [0.25, 0.3) is 0 Å². The number of nitrogens with one attached hydrogen (secondary N) is 1. The van der Waals surface area contributed by atoms with Gasteiger partial charge in [0, 0.05) is 19.1 Å². The summed E-state index contributed by atoms with van der Waals surface area (Å²) < 4.78 is 38.7. The smallest absolute Gasteiger partial charge is 0.314 e. The van der Waals surface area contributed by atoms with Crippen molar-refractivity contribution in [1.82, 2.24) is 10.2 Å². The standard InChI is InChI=1S/C16H29F3N2/c1-2-9-20-15-8-4-3-6-13(15)11-21-10-5-7-14(12-21)16(17,18)19/h13-15,20H,2-12H2,1H3. The minimum absolute atomic E-state index is 0.209. The number of rotatable bonds is 5. The van der Waals surface area contributed by atoms with E-state index in [4.69, 9.17) is 0 Å². The first kappa shape index (κ1) is 17.1. The van der Waals surface area contributed by atoms with Gasteiger partial charge in [-0.1, -0.05) is 19.8 Å². The average Bonchev–Trinajstić information content (AvgIpc) is 2.46. The third kappa shape index (κ3) is 5.13. The predicted octanol–water partition coefficient (Wildman–Crippen LogP) is 3.82. The molecule has 1 saturated carbocycles. The minimum Gasteiger partial charge on any atom is -0.314 e. The number of piperidine rings is 1. The van der Waals surface area contributed by atoms with Crippen molar-refractivity contribution < 1.29 is 13.2 Å². The summed E-state index contributed by atoms with van der Waals surface area (Å²) >= 11 is 0. The molecule has 0 amide bonds. The molecule has 5 heteroatoms. The molecule has 0 aromatic heterocycles. The van der Waals surface area contributed by atoms with Crippen LogP contribution in [0.15, 0.2) is 0 Å². The van der Waals surface area contributed by atoms with E-state index in [-0.39, 0.29) is 6.54 Å². The number of likely N-dealkylation sites (tertiary alicyclic amines) is 1. The molecule has 0 radical (unpaired) electrons. The van der Waals surface area contributed by atoms with Gasteiger partial charge in [0.05, 0.1) is 5.92 Å². The first-order valence-electron chi connectivity index (χ1n) is 8.53. The fraction of sp³-hybridized carbons (Fsp3) is 1.00. The van der Waals surface area contributed by atoms with Crippen molar-refractivity contribution in [2.75, 3.05) is 26.2 Å². The van der Waals surface area contributed by atoms with Crippen molar-refractivity contribution in [1.29, 1.82) is 0 Å². The molecule has 2 rings (SSSR count). The fourth-order valence-electron chi connectivity index (χ4n) is 3.84. The molecule has 2 aliphatic rings. The van der Waals surface area contributed by atoms with Gasteiger partial charge >= 0.3 is 6.18 Å². The highest BCUT2D eigenvalue weighted by molar-refractivity contribution is 4.86. The van der Waals surface area contributed by atoms with Crippen LogP contribution in [0.3, 0.4) is 0 Å². The highest BCUT2D eigenvalue weighted by Gasteiger charge is 2.42. The number of halogens is 3. The summed E-state index contributed by atoms with van der Waals surface area (Å²) in [4.78, 5) is 2.07. The Balaban J connectivity index is 1.86. The van der Waals surface area contributed by atoms with E-state index in [0.29, 0.717) is 24.8 Å². The van der Waals surface area contributed by atoms with E-state index >= 15 is 0 Å². The highest BCUT2D eigenvalue weighted by Crippen LogP contribution is 2.34. The Morgan fingerprint density at radius 3 is 2.57 bits per heavy atom. The third-order valence-corrected chi connectivity index (χ3v) is 5.03. The van der Waals surface area contributed by atoms with Gasteiger partial charge in [-0.2, -0.15) is 13.2 Å². The molecule has 1 aliphatic heterocycles. The van der Waals surface area contributed by atoms with Crippen molar-refractivity contribution in [2.24, 2.45) is 11.8 Å². The number of alkyl halides is 3. The van der Waals surface area contributed by atoms with Gasteiger partial charge in [0.1, 0.15) is 0 Å². The van der Waals surface area contributed by atoms with E-state index in [1.165, 1.54) is 19.3 Å². The third-order valence-electron chi connectivity index (χ3n) is 5.03. The molecule has 3 atom stereocenters. The van der Waals surface area contributed by atoms with E-state index < -0.39 is 12.1 Å². The molecule has 1 heterocycles. The summed E-state index contributed by atoms with van der Waals surface area (Å²) in [5, 5.41) is 3.60. The number of hydrogen-bond acceptors (Lipinski definition) is 2. The minimum atomic E-state index is -4.02. The van der Waals surface area contributed by atoms with E-state index in [1.54, 1.807) is 0 Å². The van der Waals surface area contributed by atoms with Gasteiger partial charge < -0.3 is 10.2 Å². The fourth-order valence-corrected chi connectivity index (χ4v) is 3.84. The molecule has 124 valence electrons. The van der Waals surface area contributed by atoms with Gasteiger partial charge in [0.25, 0.3) is 0 Å². The Labute approximate surface area is 126 Å². The molecule has 0 bridgehead atoms. The lowest BCUT2D eigenvalue weighted by Gasteiger charge is -2.39. The lowest BCUT2D eigenvalue weighted by molar-refractivity contribution is -0.187. The maximum Gasteiger partial charge on any atom is 0.393 e. The Hall–Kier alpha value is -0.290. The second kappa shape index (κ2) is 7.82. The topological polar surface area (TPSA) is 15.3 Å². The van der Waals surface area contributed by atoms with Crippen LogP contribution in [0.5, 0.6) is 0 Å². The number of nitrogens with zero attached hydrogens (tertiary/aromatic N) is 1. The highest BCUT2D eigenvalue weighted by atomic mass is 19.4. The zero-order valence-electron chi connectivity index (χ0n) is 13.1. The summed E-state index contributed by atoms with van der Waals surface area (Å²) in [5.41, 5.74) is 0. The van der Waals surface area contributed by atoms with Gasteiger partial charge in [-0.15, -0.1) is 0 Å². The summed E-state index contributed by atoms with van der Waals surface area (Å²) in [6.07, 6.45) is 2.91. The van der Waals surface area contributed by atoms with E-state index in [2.05, 4.69) is 17.1 Å². The lowest BCUT2D eigenvalue weighted by Crippen LogP contribution is -2.48. The molecule has 1 aliphatic carbocycles. The molecule has 0 aromatic rings. The number of hydrogen-bond donors (Lipinski definition) is 1. The molecular formula is C16H29F3N2. The van der Waals surface area contributed by atoms with Gasteiger partial charge in [-0.25, -0.2) is 0 Å². The summed E-state index contributed by atoms with van der Waals surface area (Å²) in [5.74, 6) is -0.589. The SMILES string of the molecule is CCCNC1CCCCC1CN1CCCC(C(F)(F)F)C1. The first-order chi connectivity index (χ1) is 10.0. The molecular weight excluding hydrogens is 277 g/mol. The maximum atomic E-state index is 12.9. The summed E-state index contributed by atoms with van der Waals surface area (Å²) in [7, 11) is 0. The second-order valence-corrected chi connectivity index (χ2v) is 6.75. The van der Waals surface area contributed by atoms with Crippen molar-refractivity contribution in [3.63, 3.8) is 0 Å². The Bertz CT molecular complexity index is 306. The van der Waals surface area contributed by atoms with Gasteiger partial charge in [-0.3, -0.25) is 0 Å². The van der Waals surface area contributed by atoms with Crippen LogP contribution < -0.4 is 5.32 Å². The van der Waals surface area contributed by atoms with Gasteiger partial charge in [0.15, 0.2) is 0 Å². The van der Waals surface area contributed by atoms with Crippen LogP contribution in [0, 0.1) is 11.8 Å². The Morgan fingerprint density at radius 1 is 1.10 bits per heavy atom. The molecule has 1 N–H and O–H groups in total. The average molecular weight is 306 g/mol. The largest absolute Gasteiger partial charge is 0.393 e. The molecule has 21 heavy (non-hydrogen) atoms. The molecule has 1 saturated heterocycles. The zero-order chi connectivity index (χ0) is 15.3. The van der Waals surface area contributed by atoms with Gasteiger partial charge in [-0.05, 0) is 51.1 Å². The van der Waals surface area contributed by atoms with Crippen LogP contribution >= 0.6 is 0 Å². The zero-order valence-corrected chi connectivity index (χ0v) is 13.1.